The third kappa shape index (κ3) is 4.00. The summed E-state index contributed by atoms with van der Waals surface area (Å²) in [6, 6.07) is -0.617. The van der Waals surface area contributed by atoms with Crippen LogP contribution in [0.1, 0.15) is 52.9 Å². The Morgan fingerprint density at radius 1 is 0.882 bits per heavy atom. The van der Waals surface area contributed by atoms with E-state index >= 15 is 0 Å². The maximum Gasteiger partial charge on any atom is 0.247 e. The lowest BCUT2D eigenvalue weighted by Gasteiger charge is -2.37. The normalized spacial score (nSPS) is 34.9. The molecule has 0 aromatic carbocycles. The van der Waals surface area contributed by atoms with E-state index in [1.165, 1.54) is 0 Å². The van der Waals surface area contributed by atoms with Crippen LogP contribution in [0.5, 0.6) is 0 Å². The van der Waals surface area contributed by atoms with Gasteiger partial charge in [0.05, 0.1) is 16.6 Å². The van der Waals surface area contributed by atoms with E-state index in [0.29, 0.717) is 45.6 Å². The number of aliphatic hydroxyl groups excluding tert-OH is 1. The highest BCUT2D eigenvalue weighted by Crippen LogP contribution is 2.65. The molecular formula is C26H39N3O4S. The maximum atomic E-state index is 14.1. The van der Waals surface area contributed by atoms with Crippen LogP contribution in [0.4, 0.5) is 0 Å². The molecule has 4 rings (SSSR count). The lowest BCUT2D eigenvalue weighted by atomic mass is 9.74. The third-order valence-electron chi connectivity index (χ3n) is 7.81. The number of hydrogen-bond acceptors (Lipinski definition) is 5. The summed E-state index contributed by atoms with van der Waals surface area (Å²) >= 11 is 1.65. The fraction of sp³-hybridized carbons (Fsp3) is 0.731. The van der Waals surface area contributed by atoms with Gasteiger partial charge in [-0.1, -0.05) is 44.6 Å². The summed E-state index contributed by atoms with van der Waals surface area (Å²) in [6.45, 7) is 9.16. The third-order valence-corrected chi connectivity index (χ3v) is 9.60. The van der Waals surface area contributed by atoms with Crippen molar-refractivity contribution in [3.05, 3.63) is 24.3 Å². The van der Waals surface area contributed by atoms with E-state index in [1.54, 1.807) is 16.7 Å². The zero-order valence-electron chi connectivity index (χ0n) is 20.7. The first kappa shape index (κ1) is 25.3. The van der Waals surface area contributed by atoms with Crippen LogP contribution < -0.4 is 0 Å². The van der Waals surface area contributed by atoms with Crippen molar-refractivity contribution in [3.8, 4) is 0 Å². The summed E-state index contributed by atoms with van der Waals surface area (Å²) in [5, 5.41) is 9.32. The fourth-order valence-corrected chi connectivity index (χ4v) is 8.43. The highest BCUT2D eigenvalue weighted by atomic mass is 32.2. The minimum Gasteiger partial charge on any atom is -0.396 e. The van der Waals surface area contributed by atoms with Crippen LogP contribution in [0, 0.1) is 11.8 Å². The molecule has 4 aliphatic rings. The number of rotatable bonds is 9. The number of carbonyl (C=O) groups is 3. The first-order valence-corrected chi connectivity index (χ1v) is 13.7. The number of amides is 3. The van der Waals surface area contributed by atoms with E-state index in [0.717, 1.165) is 19.3 Å². The summed E-state index contributed by atoms with van der Waals surface area (Å²) < 4.78 is -1.30. The van der Waals surface area contributed by atoms with E-state index in [2.05, 4.69) is 39.0 Å². The van der Waals surface area contributed by atoms with Gasteiger partial charge in [0.2, 0.25) is 17.7 Å². The molecule has 4 aliphatic heterocycles. The average molecular weight is 490 g/mol. The topological polar surface area (TPSA) is 81.2 Å². The highest BCUT2D eigenvalue weighted by molar-refractivity contribution is 8.02. The van der Waals surface area contributed by atoms with Gasteiger partial charge in [-0.25, -0.2) is 0 Å². The van der Waals surface area contributed by atoms with Crippen molar-refractivity contribution in [2.75, 3.05) is 39.3 Å². The Kier molecular flexibility index (Phi) is 7.48. The van der Waals surface area contributed by atoms with Crippen molar-refractivity contribution in [1.82, 2.24) is 14.7 Å². The molecule has 2 fully saturated rings. The predicted octanol–water partition coefficient (Wildman–Crippen LogP) is 2.45. The molecule has 1 N–H and O–H groups in total. The molecule has 0 saturated carbocycles. The van der Waals surface area contributed by atoms with Gasteiger partial charge in [-0.2, -0.15) is 0 Å². The molecule has 0 aromatic heterocycles. The van der Waals surface area contributed by atoms with E-state index in [-0.39, 0.29) is 24.3 Å². The van der Waals surface area contributed by atoms with Crippen molar-refractivity contribution in [2.24, 2.45) is 11.8 Å². The highest BCUT2D eigenvalue weighted by Gasteiger charge is 2.73. The van der Waals surface area contributed by atoms with Gasteiger partial charge in [-0.3, -0.25) is 14.4 Å². The number of unbranched alkanes of at least 4 members (excludes halogenated alkanes) is 2. The minimum absolute atomic E-state index is 0.00676. The molecule has 4 heterocycles. The van der Waals surface area contributed by atoms with Gasteiger partial charge in [-0.15, -0.1) is 11.8 Å². The molecule has 0 bridgehead atoms. The Bertz CT molecular complexity index is 876. The molecule has 0 aromatic rings. The summed E-state index contributed by atoms with van der Waals surface area (Å²) in [6.07, 6.45) is 12.3. The second-order valence-corrected chi connectivity index (χ2v) is 12.0. The molecule has 8 heteroatoms. The molecule has 0 radical (unpaired) electrons. The lowest BCUT2D eigenvalue weighted by molar-refractivity contribution is -0.145. The molecule has 188 valence electrons. The standard InChI is InChI=1S/C26H39N3O4S/c1-4-6-14-28-16-10-12-26-20(23(32)29(17-7-8-18-30)21(26)24(28)33)19-22(31)27(13-5-2)15-9-11-25(19,3)34-26/h9-12,19-21,30H,4-8,13-18H2,1-3H3/t19-,20-,21?,25+,26-/m0/s1. The number of fused-ring (bicyclic) bond motifs is 2. The quantitative estimate of drug-likeness (QED) is 0.398. The van der Waals surface area contributed by atoms with Crippen LogP contribution in [-0.4, -0.2) is 92.4 Å². The van der Waals surface area contributed by atoms with Gasteiger partial charge >= 0.3 is 0 Å². The Labute approximate surface area is 207 Å². The zero-order valence-corrected chi connectivity index (χ0v) is 21.6. The average Bonchev–Trinajstić information content (AvgIpc) is 3.07. The van der Waals surface area contributed by atoms with E-state index in [4.69, 9.17) is 0 Å². The summed E-state index contributed by atoms with van der Waals surface area (Å²) in [5.74, 6) is -1.13. The van der Waals surface area contributed by atoms with Crippen LogP contribution in [0.15, 0.2) is 24.3 Å². The number of thioether (sulfide) groups is 1. The SMILES string of the molecule is CCCCN1CC=C[C@]23S[C@]4(C)C=CCN(CCC)C(=O)[C@@H]4[C@H]2C(=O)N(CCCCO)C3C1=O. The maximum absolute atomic E-state index is 14.1. The molecule has 1 unspecified atom stereocenters. The van der Waals surface area contributed by atoms with Crippen molar-refractivity contribution < 1.29 is 19.5 Å². The molecular weight excluding hydrogens is 450 g/mol. The Balaban J connectivity index is 1.79. The summed E-state index contributed by atoms with van der Waals surface area (Å²) in [5.41, 5.74) is 0. The van der Waals surface area contributed by atoms with Crippen LogP contribution in [0.3, 0.4) is 0 Å². The van der Waals surface area contributed by atoms with Crippen molar-refractivity contribution in [2.45, 2.75) is 68.4 Å². The zero-order chi connectivity index (χ0) is 24.5. The number of likely N-dealkylation sites (tertiary alicyclic amines) is 1. The monoisotopic (exact) mass is 489 g/mol. The van der Waals surface area contributed by atoms with Crippen LogP contribution >= 0.6 is 11.8 Å². The van der Waals surface area contributed by atoms with Crippen LogP contribution in [0.25, 0.3) is 0 Å². The van der Waals surface area contributed by atoms with Gasteiger partial charge < -0.3 is 19.8 Å². The number of aliphatic hydroxyl groups is 1. The van der Waals surface area contributed by atoms with Crippen LogP contribution in [-0.2, 0) is 14.4 Å². The van der Waals surface area contributed by atoms with Crippen molar-refractivity contribution in [3.63, 3.8) is 0 Å². The first-order chi connectivity index (χ1) is 16.3. The van der Waals surface area contributed by atoms with E-state index < -0.39 is 27.4 Å². The molecule has 3 amide bonds. The number of hydrogen-bond donors (Lipinski definition) is 1. The van der Waals surface area contributed by atoms with E-state index in [9.17, 15) is 19.5 Å². The Hall–Kier alpha value is -1.80. The molecule has 0 aliphatic carbocycles. The van der Waals surface area contributed by atoms with Crippen LogP contribution in [0.2, 0.25) is 0 Å². The molecule has 34 heavy (non-hydrogen) atoms. The minimum atomic E-state index is -0.761. The fourth-order valence-electron chi connectivity index (χ4n) is 6.27. The first-order valence-electron chi connectivity index (χ1n) is 12.9. The molecule has 5 atom stereocenters. The molecule has 7 nitrogen and oxygen atoms in total. The second kappa shape index (κ2) is 10.1. The smallest absolute Gasteiger partial charge is 0.247 e. The predicted molar refractivity (Wildman–Crippen MR) is 134 cm³/mol. The number of carbonyl (C=O) groups excluding carboxylic acids is 3. The molecule has 2 saturated heterocycles. The van der Waals surface area contributed by atoms with Gasteiger partial charge in [-0.05, 0) is 32.6 Å². The summed E-state index contributed by atoms with van der Waals surface area (Å²) in [4.78, 5) is 47.5. The van der Waals surface area contributed by atoms with E-state index in [1.807, 2.05) is 15.9 Å². The summed E-state index contributed by atoms with van der Waals surface area (Å²) in [7, 11) is 0. The van der Waals surface area contributed by atoms with Gasteiger partial charge in [0.1, 0.15) is 6.04 Å². The van der Waals surface area contributed by atoms with Gasteiger partial charge in [0.25, 0.3) is 0 Å². The van der Waals surface area contributed by atoms with Crippen molar-refractivity contribution in [1.29, 1.82) is 0 Å². The van der Waals surface area contributed by atoms with Gasteiger partial charge in [0.15, 0.2) is 0 Å². The second-order valence-electron chi connectivity index (χ2n) is 10.2. The lowest BCUT2D eigenvalue weighted by Crippen LogP contribution is -2.53. The molecule has 1 spiro atoms. The van der Waals surface area contributed by atoms with Crippen molar-refractivity contribution >= 4 is 29.5 Å². The number of nitrogens with zero attached hydrogens (tertiary/aromatic N) is 3. The Morgan fingerprint density at radius 2 is 1.59 bits per heavy atom. The van der Waals surface area contributed by atoms with Gasteiger partial charge in [0, 0.05) is 44.1 Å². The Morgan fingerprint density at radius 3 is 2.26 bits per heavy atom. The largest absolute Gasteiger partial charge is 0.396 e.